The first-order valence-corrected chi connectivity index (χ1v) is 4.65. The summed E-state index contributed by atoms with van der Waals surface area (Å²) in [6.07, 6.45) is 1.20. The van der Waals surface area contributed by atoms with Crippen molar-refractivity contribution < 1.29 is 4.92 Å². The van der Waals surface area contributed by atoms with Crippen molar-refractivity contribution in [2.75, 3.05) is 0 Å². The Kier molecular flexibility index (Phi) is 2.57. The lowest BCUT2D eigenvalue weighted by Gasteiger charge is -2.04. The molecule has 0 spiro atoms. The maximum Gasteiger partial charge on any atom is 0.333 e. The first kappa shape index (κ1) is 10.8. The van der Waals surface area contributed by atoms with E-state index in [1.807, 2.05) is 4.98 Å². The molecule has 2 rings (SSSR count). The summed E-state index contributed by atoms with van der Waals surface area (Å²) >= 11 is 0. The van der Waals surface area contributed by atoms with Crippen molar-refractivity contribution in [1.82, 2.24) is 9.55 Å². The Morgan fingerprint density at radius 3 is 2.53 bits per heavy atom. The number of hydrogen-bond donors (Lipinski definition) is 1. The van der Waals surface area contributed by atoms with Crippen molar-refractivity contribution >= 4 is 5.69 Å². The molecule has 0 saturated carbocycles. The van der Waals surface area contributed by atoms with Gasteiger partial charge in [0.1, 0.15) is 5.69 Å². The maximum absolute atomic E-state index is 11.5. The van der Waals surface area contributed by atoms with Gasteiger partial charge in [-0.1, -0.05) is 12.1 Å². The summed E-state index contributed by atoms with van der Waals surface area (Å²) in [6.45, 7) is 0. The van der Waals surface area contributed by atoms with Crippen molar-refractivity contribution in [1.29, 1.82) is 0 Å². The van der Waals surface area contributed by atoms with Gasteiger partial charge in [0.25, 0.3) is 11.2 Å². The van der Waals surface area contributed by atoms with E-state index in [0.717, 1.165) is 10.6 Å². The number of aromatic nitrogens is 2. The van der Waals surface area contributed by atoms with Crippen molar-refractivity contribution in [3.8, 4) is 5.69 Å². The van der Waals surface area contributed by atoms with E-state index in [1.54, 1.807) is 6.07 Å². The second kappa shape index (κ2) is 4.05. The maximum atomic E-state index is 11.5. The van der Waals surface area contributed by atoms with Crippen LogP contribution in [-0.4, -0.2) is 14.5 Å². The molecule has 1 N–H and O–H groups in total. The molecule has 86 valence electrons. The number of nitro groups is 1. The average molecular weight is 233 g/mol. The summed E-state index contributed by atoms with van der Waals surface area (Å²) in [5.74, 6) is 0. The van der Waals surface area contributed by atoms with Crippen molar-refractivity contribution in [2.24, 2.45) is 0 Å². The number of aromatic amines is 1. The van der Waals surface area contributed by atoms with Gasteiger partial charge in [-0.05, 0) is 6.07 Å². The van der Waals surface area contributed by atoms with Gasteiger partial charge in [-0.3, -0.25) is 24.5 Å². The van der Waals surface area contributed by atoms with E-state index in [9.17, 15) is 19.7 Å². The number of nitro benzene ring substituents is 1. The van der Waals surface area contributed by atoms with Gasteiger partial charge in [-0.2, -0.15) is 0 Å². The van der Waals surface area contributed by atoms with E-state index in [2.05, 4.69) is 0 Å². The molecule has 0 aliphatic carbocycles. The molecule has 1 aromatic heterocycles. The van der Waals surface area contributed by atoms with Crippen molar-refractivity contribution in [3.05, 3.63) is 67.5 Å². The van der Waals surface area contributed by atoms with Crippen molar-refractivity contribution in [3.63, 3.8) is 0 Å². The summed E-state index contributed by atoms with van der Waals surface area (Å²) in [7, 11) is 0. The van der Waals surface area contributed by atoms with E-state index in [-0.39, 0.29) is 11.4 Å². The zero-order valence-electron chi connectivity index (χ0n) is 8.49. The number of nitrogens with zero attached hydrogens (tertiary/aromatic N) is 2. The predicted molar refractivity (Wildman–Crippen MR) is 59.3 cm³/mol. The van der Waals surface area contributed by atoms with Crippen LogP contribution in [0.5, 0.6) is 0 Å². The molecule has 0 bridgehead atoms. The van der Waals surface area contributed by atoms with E-state index >= 15 is 0 Å². The fourth-order valence-corrected chi connectivity index (χ4v) is 1.43. The van der Waals surface area contributed by atoms with Gasteiger partial charge in [-0.25, -0.2) is 4.79 Å². The molecule has 1 heterocycles. The normalized spacial score (nSPS) is 10.1. The fraction of sp³-hybridized carbons (Fsp3) is 0. The predicted octanol–water partition coefficient (Wildman–Crippen LogP) is 0.434. The second-order valence-corrected chi connectivity index (χ2v) is 3.23. The van der Waals surface area contributed by atoms with E-state index in [1.165, 1.54) is 24.4 Å². The third-order valence-electron chi connectivity index (χ3n) is 2.16. The Hall–Kier alpha value is -2.70. The Bertz CT molecular complexity index is 686. The molecule has 2 aromatic rings. The van der Waals surface area contributed by atoms with Crippen LogP contribution in [0.4, 0.5) is 5.69 Å². The third-order valence-corrected chi connectivity index (χ3v) is 2.16. The van der Waals surface area contributed by atoms with Crippen LogP contribution in [0.3, 0.4) is 0 Å². The number of para-hydroxylation sites is 2. The largest absolute Gasteiger partial charge is 0.333 e. The molecular weight excluding hydrogens is 226 g/mol. The number of nitrogens with one attached hydrogen (secondary N) is 1. The lowest BCUT2D eigenvalue weighted by atomic mass is 10.2. The molecule has 7 heteroatoms. The summed E-state index contributed by atoms with van der Waals surface area (Å²) in [5, 5.41) is 10.8. The number of H-pyrrole nitrogens is 1. The Morgan fingerprint density at radius 2 is 1.88 bits per heavy atom. The fourth-order valence-electron chi connectivity index (χ4n) is 1.43. The van der Waals surface area contributed by atoms with Gasteiger partial charge >= 0.3 is 5.69 Å². The quantitative estimate of drug-likeness (QED) is 0.600. The highest BCUT2D eigenvalue weighted by Crippen LogP contribution is 2.19. The van der Waals surface area contributed by atoms with Gasteiger partial charge in [0.05, 0.1) is 4.92 Å². The van der Waals surface area contributed by atoms with Crippen LogP contribution in [0.25, 0.3) is 5.69 Å². The van der Waals surface area contributed by atoms with Crippen molar-refractivity contribution in [2.45, 2.75) is 0 Å². The molecule has 0 amide bonds. The van der Waals surface area contributed by atoms with Gasteiger partial charge in [0.15, 0.2) is 0 Å². The molecule has 0 radical (unpaired) electrons. The minimum atomic E-state index is -0.716. The number of hydrogen-bond acceptors (Lipinski definition) is 4. The SMILES string of the molecule is O=c1ccn(-c2ccccc2[N+](=O)[O-])c(=O)[nH]1. The van der Waals surface area contributed by atoms with E-state index in [4.69, 9.17) is 0 Å². The van der Waals surface area contributed by atoms with E-state index in [0.29, 0.717) is 0 Å². The monoisotopic (exact) mass is 233 g/mol. The lowest BCUT2D eigenvalue weighted by molar-refractivity contribution is -0.384. The number of benzene rings is 1. The van der Waals surface area contributed by atoms with Gasteiger partial charge < -0.3 is 0 Å². The zero-order valence-corrected chi connectivity index (χ0v) is 8.49. The summed E-state index contributed by atoms with van der Waals surface area (Å²) in [5.41, 5.74) is -1.36. The third kappa shape index (κ3) is 1.98. The van der Waals surface area contributed by atoms with Crippen LogP contribution in [0, 0.1) is 10.1 Å². The summed E-state index contributed by atoms with van der Waals surface area (Å²) < 4.78 is 1.01. The summed E-state index contributed by atoms with van der Waals surface area (Å²) in [4.78, 5) is 34.6. The second-order valence-electron chi connectivity index (χ2n) is 3.23. The smallest absolute Gasteiger partial charge is 0.274 e. The van der Waals surface area contributed by atoms with Crippen LogP contribution in [0.15, 0.2) is 46.1 Å². The Morgan fingerprint density at radius 1 is 1.18 bits per heavy atom. The molecule has 0 aliphatic rings. The van der Waals surface area contributed by atoms with Crippen LogP contribution >= 0.6 is 0 Å². The van der Waals surface area contributed by atoms with Gasteiger partial charge in [0, 0.05) is 18.3 Å². The molecule has 17 heavy (non-hydrogen) atoms. The molecule has 0 aliphatic heterocycles. The molecule has 0 atom stereocenters. The molecule has 0 fully saturated rings. The highest BCUT2D eigenvalue weighted by atomic mass is 16.6. The van der Waals surface area contributed by atoms with Crippen LogP contribution < -0.4 is 11.2 Å². The van der Waals surface area contributed by atoms with Crippen LogP contribution in [0.2, 0.25) is 0 Å². The highest BCUT2D eigenvalue weighted by Gasteiger charge is 2.14. The van der Waals surface area contributed by atoms with Gasteiger partial charge in [-0.15, -0.1) is 0 Å². The standard InChI is InChI=1S/C10H7N3O4/c14-9-5-6-12(10(15)11-9)7-3-1-2-4-8(7)13(16)17/h1-6H,(H,11,14,15). The summed E-state index contributed by atoms with van der Waals surface area (Å²) in [6, 6.07) is 6.90. The lowest BCUT2D eigenvalue weighted by Crippen LogP contribution is -2.27. The zero-order chi connectivity index (χ0) is 12.4. The topological polar surface area (TPSA) is 98.0 Å². The first-order chi connectivity index (χ1) is 8.09. The Balaban J connectivity index is 2.73. The van der Waals surface area contributed by atoms with Gasteiger partial charge in [0.2, 0.25) is 0 Å². The molecule has 0 saturated heterocycles. The minimum absolute atomic E-state index is 0.110. The highest BCUT2D eigenvalue weighted by molar-refractivity contribution is 5.51. The molecule has 7 nitrogen and oxygen atoms in total. The minimum Gasteiger partial charge on any atom is -0.274 e. The van der Waals surface area contributed by atoms with Crippen LogP contribution in [0.1, 0.15) is 0 Å². The van der Waals surface area contributed by atoms with Crippen LogP contribution in [-0.2, 0) is 0 Å². The first-order valence-electron chi connectivity index (χ1n) is 4.65. The number of rotatable bonds is 2. The molecule has 0 unspecified atom stereocenters. The van der Waals surface area contributed by atoms with E-state index < -0.39 is 16.2 Å². The Labute approximate surface area is 94.1 Å². The molecular formula is C10H7N3O4. The average Bonchev–Trinajstić information content (AvgIpc) is 2.29. The molecule has 1 aromatic carbocycles.